The summed E-state index contributed by atoms with van der Waals surface area (Å²) >= 11 is 0. The fourth-order valence-electron chi connectivity index (χ4n) is 1.85. The lowest BCUT2D eigenvalue weighted by atomic mass is 9.93. The average Bonchev–Trinajstić information content (AvgIpc) is 2.19. The minimum absolute atomic E-state index is 0.0123. The van der Waals surface area contributed by atoms with E-state index in [4.69, 9.17) is 5.11 Å². The van der Waals surface area contributed by atoms with Gasteiger partial charge in [-0.05, 0) is 25.2 Å². The number of rotatable bonds is 2. The molecule has 5 nitrogen and oxygen atoms in total. The normalized spacial score (nSPS) is 23.6. The molecule has 1 N–H and O–H groups in total. The Bertz CT molecular complexity index is 284. The third kappa shape index (κ3) is 4.91. The van der Waals surface area contributed by atoms with Gasteiger partial charge in [-0.15, -0.1) is 0 Å². The predicted molar refractivity (Wildman–Crippen MR) is 54.5 cm³/mol. The van der Waals surface area contributed by atoms with Crippen LogP contribution < -0.4 is 0 Å². The van der Waals surface area contributed by atoms with Gasteiger partial charge in [0.1, 0.15) is 0 Å². The Morgan fingerprint density at radius 3 is 2.56 bits per heavy atom. The zero-order valence-electron chi connectivity index (χ0n) is 9.11. The number of cyclic esters (lactones) is 2. The zero-order valence-corrected chi connectivity index (χ0v) is 9.11. The summed E-state index contributed by atoms with van der Waals surface area (Å²) in [6.45, 7) is 0. The van der Waals surface area contributed by atoms with Crippen molar-refractivity contribution < 1.29 is 24.2 Å². The number of carbonyl (C=O) groups excluding carboxylic acids is 2. The summed E-state index contributed by atoms with van der Waals surface area (Å²) in [5, 5.41) is 8.69. The van der Waals surface area contributed by atoms with Crippen LogP contribution in [0.2, 0.25) is 0 Å². The SMILES string of the molecule is O=C(O)CC1CCCCC(=O)OC(=O)CC1. The summed E-state index contributed by atoms with van der Waals surface area (Å²) in [7, 11) is 0. The smallest absolute Gasteiger partial charge is 0.313 e. The number of carboxylic acid groups (broad SMARTS) is 1. The largest absolute Gasteiger partial charge is 0.481 e. The number of hydrogen-bond acceptors (Lipinski definition) is 4. The fraction of sp³-hybridized carbons (Fsp3) is 0.727. The van der Waals surface area contributed by atoms with E-state index in [-0.39, 0.29) is 25.2 Å². The molecule has 1 fully saturated rings. The Morgan fingerprint density at radius 2 is 1.88 bits per heavy atom. The van der Waals surface area contributed by atoms with Gasteiger partial charge in [-0.25, -0.2) is 0 Å². The van der Waals surface area contributed by atoms with Gasteiger partial charge >= 0.3 is 17.9 Å². The molecule has 0 aliphatic carbocycles. The van der Waals surface area contributed by atoms with Crippen molar-refractivity contribution in [3.63, 3.8) is 0 Å². The fourth-order valence-corrected chi connectivity index (χ4v) is 1.85. The van der Waals surface area contributed by atoms with Crippen LogP contribution in [0.4, 0.5) is 0 Å². The van der Waals surface area contributed by atoms with E-state index in [1.807, 2.05) is 0 Å². The van der Waals surface area contributed by atoms with E-state index in [9.17, 15) is 14.4 Å². The van der Waals surface area contributed by atoms with E-state index in [1.54, 1.807) is 0 Å². The molecule has 0 aromatic heterocycles. The third-order valence-corrected chi connectivity index (χ3v) is 2.69. The molecule has 1 rings (SSSR count). The van der Waals surface area contributed by atoms with Crippen molar-refractivity contribution >= 4 is 17.9 Å². The number of carboxylic acids is 1. The van der Waals surface area contributed by atoms with Gasteiger partial charge in [-0.2, -0.15) is 0 Å². The second kappa shape index (κ2) is 6.25. The van der Waals surface area contributed by atoms with Crippen LogP contribution in [0.1, 0.15) is 44.9 Å². The Kier molecular flexibility index (Phi) is 4.95. The molecule has 5 heteroatoms. The monoisotopic (exact) mass is 228 g/mol. The lowest BCUT2D eigenvalue weighted by molar-refractivity contribution is -0.160. The van der Waals surface area contributed by atoms with Gasteiger partial charge in [0.2, 0.25) is 0 Å². The Labute approximate surface area is 93.8 Å². The van der Waals surface area contributed by atoms with Gasteiger partial charge in [-0.3, -0.25) is 14.4 Å². The van der Waals surface area contributed by atoms with Crippen LogP contribution in [-0.2, 0) is 19.1 Å². The van der Waals surface area contributed by atoms with Crippen molar-refractivity contribution in [3.05, 3.63) is 0 Å². The Balaban J connectivity index is 2.48. The minimum Gasteiger partial charge on any atom is -0.481 e. The molecule has 90 valence electrons. The van der Waals surface area contributed by atoms with Crippen LogP contribution in [-0.4, -0.2) is 23.0 Å². The summed E-state index contributed by atoms with van der Waals surface area (Å²) in [6, 6.07) is 0. The van der Waals surface area contributed by atoms with Crippen molar-refractivity contribution in [1.82, 2.24) is 0 Å². The lowest BCUT2D eigenvalue weighted by Crippen LogP contribution is -2.17. The Morgan fingerprint density at radius 1 is 1.19 bits per heavy atom. The van der Waals surface area contributed by atoms with Gasteiger partial charge < -0.3 is 9.84 Å². The predicted octanol–water partition coefficient (Wildman–Crippen LogP) is 1.50. The van der Waals surface area contributed by atoms with Crippen molar-refractivity contribution in [2.45, 2.75) is 44.9 Å². The van der Waals surface area contributed by atoms with E-state index in [0.29, 0.717) is 12.8 Å². The highest BCUT2D eigenvalue weighted by atomic mass is 16.6. The van der Waals surface area contributed by atoms with Crippen molar-refractivity contribution in [1.29, 1.82) is 0 Å². The van der Waals surface area contributed by atoms with Gasteiger partial charge in [-0.1, -0.05) is 6.42 Å². The van der Waals surface area contributed by atoms with E-state index in [1.165, 1.54) is 0 Å². The first-order valence-electron chi connectivity index (χ1n) is 5.53. The maximum atomic E-state index is 11.2. The number of aliphatic carboxylic acids is 1. The van der Waals surface area contributed by atoms with Crippen molar-refractivity contribution in [3.8, 4) is 0 Å². The molecule has 0 spiro atoms. The van der Waals surface area contributed by atoms with Crippen LogP contribution in [0.3, 0.4) is 0 Å². The van der Waals surface area contributed by atoms with Gasteiger partial charge in [0.15, 0.2) is 0 Å². The molecule has 0 aromatic rings. The van der Waals surface area contributed by atoms with Gasteiger partial charge in [0.25, 0.3) is 0 Å². The molecule has 1 heterocycles. The van der Waals surface area contributed by atoms with Gasteiger partial charge in [0.05, 0.1) is 0 Å². The molecule has 0 saturated carbocycles. The van der Waals surface area contributed by atoms with E-state index in [0.717, 1.165) is 12.8 Å². The molecule has 1 atom stereocenters. The van der Waals surface area contributed by atoms with E-state index >= 15 is 0 Å². The van der Waals surface area contributed by atoms with Crippen LogP contribution in [0.15, 0.2) is 0 Å². The molecule has 1 saturated heterocycles. The Hall–Kier alpha value is -1.39. The highest BCUT2D eigenvalue weighted by Crippen LogP contribution is 2.21. The maximum absolute atomic E-state index is 11.2. The number of ether oxygens (including phenoxy) is 1. The standard InChI is InChI=1S/C11H16O5/c12-9(13)7-8-3-1-2-4-10(14)16-11(15)6-5-8/h8H,1-7H2,(H,12,13). The second-order valence-electron chi connectivity index (χ2n) is 4.09. The highest BCUT2D eigenvalue weighted by molar-refractivity contribution is 5.85. The number of esters is 2. The molecule has 1 aliphatic rings. The topological polar surface area (TPSA) is 80.7 Å². The van der Waals surface area contributed by atoms with E-state index in [2.05, 4.69) is 4.74 Å². The number of carbonyl (C=O) groups is 3. The second-order valence-corrected chi connectivity index (χ2v) is 4.09. The van der Waals surface area contributed by atoms with Crippen LogP contribution in [0, 0.1) is 5.92 Å². The first-order valence-corrected chi connectivity index (χ1v) is 5.53. The molecule has 0 radical (unpaired) electrons. The third-order valence-electron chi connectivity index (χ3n) is 2.69. The molecule has 16 heavy (non-hydrogen) atoms. The summed E-state index contributed by atoms with van der Waals surface area (Å²) in [4.78, 5) is 32.8. The molecular formula is C11H16O5. The summed E-state index contributed by atoms with van der Waals surface area (Å²) < 4.78 is 4.55. The summed E-state index contributed by atoms with van der Waals surface area (Å²) in [6.07, 6.45) is 3.16. The average molecular weight is 228 g/mol. The van der Waals surface area contributed by atoms with Gasteiger partial charge in [0, 0.05) is 19.3 Å². The zero-order chi connectivity index (χ0) is 12.0. The quantitative estimate of drug-likeness (QED) is 0.572. The first-order chi connectivity index (χ1) is 7.58. The van der Waals surface area contributed by atoms with Crippen molar-refractivity contribution in [2.75, 3.05) is 0 Å². The lowest BCUT2D eigenvalue weighted by Gasteiger charge is -2.15. The molecular weight excluding hydrogens is 212 g/mol. The van der Waals surface area contributed by atoms with E-state index < -0.39 is 17.9 Å². The molecule has 0 bridgehead atoms. The molecule has 1 unspecified atom stereocenters. The molecule has 1 aliphatic heterocycles. The first kappa shape index (κ1) is 12.7. The van der Waals surface area contributed by atoms with Crippen LogP contribution >= 0.6 is 0 Å². The van der Waals surface area contributed by atoms with Crippen LogP contribution in [0.25, 0.3) is 0 Å². The molecule has 0 aromatic carbocycles. The highest BCUT2D eigenvalue weighted by Gasteiger charge is 2.19. The minimum atomic E-state index is -0.841. The number of hydrogen-bond donors (Lipinski definition) is 1. The molecule has 0 amide bonds. The van der Waals surface area contributed by atoms with Crippen LogP contribution in [0.5, 0.6) is 0 Å². The van der Waals surface area contributed by atoms with Crippen molar-refractivity contribution in [2.24, 2.45) is 5.92 Å². The summed E-state index contributed by atoms with van der Waals surface area (Å²) in [5.74, 6) is -1.84. The maximum Gasteiger partial charge on any atom is 0.313 e. The summed E-state index contributed by atoms with van der Waals surface area (Å²) in [5.41, 5.74) is 0.